The molecule has 4 rings (SSSR count). The first-order valence-corrected chi connectivity index (χ1v) is 13.1. The Labute approximate surface area is 236 Å². The van der Waals surface area contributed by atoms with E-state index in [-0.39, 0.29) is 5.57 Å². The molecule has 1 amide bonds. The van der Waals surface area contributed by atoms with Crippen LogP contribution in [0.25, 0.3) is 16.8 Å². The number of carbonyl (C=O) groups excluding carboxylic acids is 1. The van der Waals surface area contributed by atoms with E-state index in [2.05, 4.69) is 59.1 Å². The monoisotopic (exact) mass is 618 g/mol. The van der Waals surface area contributed by atoms with Gasteiger partial charge in [-0.05, 0) is 101 Å². The van der Waals surface area contributed by atoms with Gasteiger partial charge in [-0.2, -0.15) is 5.26 Å². The smallest absolute Gasteiger partial charge is 0.266 e. The summed E-state index contributed by atoms with van der Waals surface area (Å²) in [5, 5.41) is 14.7. The number of methoxy groups -OCH3 is 1. The predicted molar refractivity (Wildman–Crippen MR) is 159 cm³/mol. The van der Waals surface area contributed by atoms with Crippen LogP contribution in [0.3, 0.4) is 0 Å². The number of carbonyl (C=O) groups is 1. The summed E-state index contributed by atoms with van der Waals surface area (Å²) in [5.74, 6) is 1.35. The quantitative estimate of drug-likeness (QED) is 0.121. The summed E-state index contributed by atoms with van der Waals surface area (Å²) < 4.78 is 18.2. The van der Waals surface area contributed by atoms with Crippen LogP contribution in [0.2, 0.25) is 0 Å². The Morgan fingerprint density at radius 3 is 2.53 bits per heavy atom. The highest BCUT2D eigenvalue weighted by atomic mass is 127. The molecule has 0 radical (unpaired) electrons. The van der Waals surface area contributed by atoms with Crippen molar-refractivity contribution >= 4 is 51.0 Å². The largest absolute Gasteiger partial charge is 0.497 e. The summed E-state index contributed by atoms with van der Waals surface area (Å²) in [6, 6.07) is 25.0. The number of rotatable bonds is 9. The van der Waals surface area contributed by atoms with Crippen LogP contribution in [0.5, 0.6) is 17.2 Å². The number of hydrogen-bond donors (Lipinski definition) is 1. The number of anilines is 1. The minimum atomic E-state index is -0.502. The van der Waals surface area contributed by atoms with E-state index in [1.165, 1.54) is 0 Å². The molecular formula is C31H27IN2O4. The van der Waals surface area contributed by atoms with E-state index in [9.17, 15) is 10.1 Å². The van der Waals surface area contributed by atoms with Crippen LogP contribution in [0, 0.1) is 21.8 Å². The number of nitrogens with one attached hydrogen (secondary N) is 1. The summed E-state index contributed by atoms with van der Waals surface area (Å²) in [4.78, 5) is 12.8. The van der Waals surface area contributed by atoms with Gasteiger partial charge in [0.15, 0.2) is 11.5 Å². The maximum absolute atomic E-state index is 12.8. The minimum absolute atomic E-state index is 0.0286. The zero-order chi connectivity index (χ0) is 27.1. The normalized spacial score (nSPS) is 11.1. The van der Waals surface area contributed by atoms with Crippen molar-refractivity contribution in [1.82, 2.24) is 0 Å². The van der Waals surface area contributed by atoms with Gasteiger partial charge in [-0.15, -0.1) is 0 Å². The Balaban J connectivity index is 1.59. The summed E-state index contributed by atoms with van der Waals surface area (Å²) >= 11 is 2.19. The zero-order valence-electron chi connectivity index (χ0n) is 21.4. The van der Waals surface area contributed by atoms with Gasteiger partial charge in [0, 0.05) is 11.3 Å². The van der Waals surface area contributed by atoms with Crippen molar-refractivity contribution in [2.45, 2.75) is 20.5 Å². The summed E-state index contributed by atoms with van der Waals surface area (Å²) in [7, 11) is 1.57. The van der Waals surface area contributed by atoms with Crippen LogP contribution in [0.15, 0.2) is 78.4 Å². The molecule has 38 heavy (non-hydrogen) atoms. The van der Waals surface area contributed by atoms with Crippen molar-refractivity contribution in [1.29, 1.82) is 5.26 Å². The van der Waals surface area contributed by atoms with E-state index in [4.69, 9.17) is 14.2 Å². The molecule has 1 N–H and O–H groups in total. The highest BCUT2D eigenvalue weighted by molar-refractivity contribution is 14.1. The molecule has 0 aromatic heterocycles. The molecule has 4 aromatic rings. The van der Waals surface area contributed by atoms with Crippen LogP contribution in [-0.4, -0.2) is 19.6 Å². The predicted octanol–water partition coefficient (Wildman–Crippen LogP) is 7.28. The average molecular weight is 618 g/mol. The van der Waals surface area contributed by atoms with Gasteiger partial charge in [-0.1, -0.05) is 36.4 Å². The fraction of sp³-hybridized carbons (Fsp3) is 0.161. The molecule has 0 spiro atoms. The maximum Gasteiger partial charge on any atom is 0.266 e. The first kappa shape index (κ1) is 27.0. The molecule has 6 nitrogen and oxygen atoms in total. The zero-order valence-corrected chi connectivity index (χ0v) is 23.5. The number of ether oxygens (including phenoxy) is 3. The second-order valence-corrected chi connectivity index (χ2v) is 9.65. The van der Waals surface area contributed by atoms with E-state index in [0.717, 1.165) is 25.5 Å². The Morgan fingerprint density at radius 1 is 1.05 bits per heavy atom. The molecule has 0 aliphatic heterocycles. The number of hydrogen-bond acceptors (Lipinski definition) is 5. The first-order valence-electron chi connectivity index (χ1n) is 12.1. The van der Waals surface area contributed by atoms with Crippen LogP contribution < -0.4 is 19.5 Å². The molecule has 0 heterocycles. The lowest BCUT2D eigenvalue weighted by atomic mass is 10.0. The van der Waals surface area contributed by atoms with Crippen LogP contribution in [-0.2, 0) is 11.4 Å². The van der Waals surface area contributed by atoms with Crippen LogP contribution >= 0.6 is 22.6 Å². The maximum atomic E-state index is 12.8. The fourth-order valence-corrected chi connectivity index (χ4v) is 4.82. The lowest BCUT2D eigenvalue weighted by Crippen LogP contribution is -2.13. The lowest BCUT2D eigenvalue weighted by Gasteiger charge is -2.17. The SMILES string of the molecule is CCOc1cc(/C=C(\C#N)C(=O)Nc2ccc(OC)cc2)cc(I)c1OCc1c(C)ccc2ccccc12. The molecule has 0 aliphatic rings. The molecule has 192 valence electrons. The second kappa shape index (κ2) is 12.5. The number of benzene rings is 4. The number of nitrogens with zero attached hydrogens (tertiary/aromatic N) is 1. The average Bonchev–Trinajstić information content (AvgIpc) is 2.92. The van der Waals surface area contributed by atoms with Crippen molar-refractivity contribution in [2.75, 3.05) is 19.0 Å². The molecule has 0 saturated carbocycles. The van der Waals surface area contributed by atoms with Gasteiger partial charge < -0.3 is 19.5 Å². The van der Waals surface area contributed by atoms with Gasteiger partial charge in [0.05, 0.1) is 17.3 Å². The van der Waals surface area contributed by atoms with Gasteiger partial charge in [0.2, 0.25) is 0 Å². The molecule has 0 saturated heterocycles. The molecule has 4 aromatic carbocycles. The summed E-state index contributed by atoms with van der Waals surface area (Å²) in [5.41, 5.74) is 3.46. The van der Waals surface area contributed by atoms with Crippen molar-refractivity contribution in [3.05, 3.63) is 98.6 Å². The van der Waals surface area contributed by atoms with E-state index in [1.54, 1.807) is 43.5 Å². The molecule has 0 bridgehead atoms. The topological polar surface area (TPSA) is 80.6 Å². The van der Waals surface area contributed by atoms with Crippen molar-refractivity contribution in [2.24, 2.45) is 0 Å². The van der Waals surface area contributed by atoms with Gasteiger partial charge in [0.1, 0.15) is 24.0 Å². The van der Waals surface area contributed by atoms with Gasteiger partial charge >= 0.3 is 0 Å². The van der Waals surface area contributed by atoms with E-state index in [0.29, 0.717) is 41.7 Å². The number of fused-ring (bicyclic) bond motifs is 1. The molecule has 7 heteroatoms. The van der Waals surface area contributed by atoms with Gasteiger partial charge in [-0.25, -0.2) is 0 Å². The molecule has 0 unspecified atom stereocenters. The highest BCUT2D eigenvalue weighted by Crippen LogP contribution is 2.36. The summed E-state index contributed by atoms with van der Waals surface area (Å²) in [6.45, 7) is 4.80. The Kier molecular flexibility index (Phi) is 8.87. The van der Waals surface area contributed by atoms with Crippen molar-refractivity contribution < 1.29 is 19.0 Å². The van der Waals surface area contributed by atoms with E-state index in [1.807, 2.05) is 31.2 Å². The lowest BCUT2D eigenvalue weighted by molar-refractivity contribution is -0.112. The second-order valence-electron chi connectivity index (χ2n) is 8.49. The molecule has 0 atom stereocenters. The fourth-order valence-electron chi connectivity index (χ4n) is 4.04. The van der Waals surface area contributed by atoms with Crippen LogP contribution in [0.1, 0.15) is 23.6 Å². The molecule has 0 aliphatic carbocycles. The third-order valence-electron chi connectivity index (χ3n) is 5.99. The Morgan fingerprint density at radius 2 is 1.82 bits per heavy atom. The summed E-state index contributed by atoms with van der Waals surface area (Å²) in [6.07, 6.45) is 1.54. The third-order valence-corrected chi connectivity index (χ3v) is 6.79. The van der Waals surface area contributed by atoms with E-state index >= 15 is 0 Å². The van der Waals surface area contributed by atoms with Gasteiger partial charge in [-0.3, -0.25) is 4.79 Å². The van der Waals surface area contributed by atoms with Crippen molar-refractivity contribution in [3.8, 4) is 23.3 Å². The van der Waals surface area contributed by atoms with E-state index < -0.39 is 5.91 Å². The first-order chi connectivity index (χ1) is 18.4. The van der Waals surface area contributed by atoms with Crippen LogP contribution in [0.4, 0.5) is 5.69 Å². The molecule has 0 fully saturated rings. The number of amides is 1. The van der Waals surface area contributed by atoms with Crippen molar-refractivity contribution in [3.63, 3.8) is 0 Å². The Bertz CT molecular complexity index is 1540. The number of halogens is 1. The standard InChI is InChI=1S/C31H27IN2O4/c1-4-37-29-17-21(15-23(18-33)31(35)34-24-11-13-25(36-3)14-12-24)16-28(32)30(29)38-19-27-20(2)9-10-22-7-5-6-8-26(22)27/h5-17H,4,19H2,1-3H3,(H,34,35)/b23-15+. The van der Waals surface area contributed by atoms with Gasteiger partial charge in [0.25, 0.3) is 5.91 Å². The molecular weight excluding hydrogens is 591 g/mol. The Hall–Kier alpha value is -4.03. The number of aryl methyl sites for hydroxylation is 1. The number of nitriles is 1. The third kappa shape index (κ3) is 6.26. The minimum Gasteiger partial charge on any atom is -0.497 e. The highest BCUT2D eigenvalue weighted by Gasteiger charge is 2.16.